The lowest BCUT2D eigenvalue weighted by Gasteiger charge is -2.14. The number of halogens is 1. The predicted octanol–water partition coefficient (Wildman–Crippen LogP) is 2.73. The van der Waals surface area contributed by atoms with Crippen molar-refractivity contribution in [2.24, 2.45) is 0 Å². The van der Waals surface area contributed by atoms with Gasteiger partial charge in [-0.2, -0.15) is 0 Å². The third-order valence-electron chi connectivity index (χ3n) is 3.47. The molecular formula is C15H14FN3O. The number of fused-ring (bicyclic) bond motifs is 1. The number of anilines is 1. The Kier molecular flexibility index (Phi) is 3.18. The molecule has 0 atom stereocenters. The molecule has 102 valence electrons. The third-order valence-corrected chi connectivity index (χ3v) is 3.47. The van der Waals surface area contributed by atoms with Gasteiger partial charge < -0.3 is 5.32 Å². The van der Waals surface area contributed by atoms with Gasteiger partial charge in [0.05, 0.1) is 11.9 Å². The van der Waals surface area contributed by atoms with Crippen LogP contribution in [0, 0.1) is 5.82 Å². The van der Waals surface area contributed by atoms with E-state index in [0.29, 0.717) is 16.8 Å². The molecule has 0 radical (unpaired) electrons. The summed E-state index contributed by atoms with van der Waals surface area (Å²) in [5.41, 5.74) is 3.72. The second kappa shape index (κ2) is 5.00. The first-order chi connectivity index (χ1) is 9.66. The summed E-state index contributed by atoms with van der Waals surface area (Å²) in [5, 5.41) is 2.83. The smallest absolute Gasteiger partial charge is 0.221 e. The van der Waals surface area contributed by atoms with Crippen LogP contribution in [0.5, 0.6) is 0 Å². The van der Waals surface area contributed by atoms with Crippen LogP contribution < -0.4 is 5.32 Å². The minimum Gasteiger partial charge on any atom is -0.325 e. The topological polar surface area (TPSA) is 54.9 Å². The van der Waals surface area contributed by atoms with Crippen molar-refractivity contribution in [2.45, 2.75) is 26.2 Å². The second-order valence-corrected chi connectivity index (χ2v) is 4.86. The number of hydrogen-bond donors (Lipinski definition) is 1. The van der Waals surface area contributed by atoms with E-state index >= 15 is 0 Å². The minimum atomic E-state index is -0.418. The summed E-state index contributed by atoms with van der Waals surface area (Å²) in [4.78, 5) is 19.6. The average Bonchev–Trinajstić information content (AvgIpc) is 2.88. The Balaban J connectivity index is 2.20. The number of pyridine rings is 2. The molecule has 1 aliphatic carbocycles. The van der Waals surface area contributed by atoms with Crippen LogP contribution in [-0.4, -0.2) is 15.9 Å². The molecule has 5 heteroatoms. The molecule has 20 heavy (non-hydrogen) atoms. The lowest BCUT2D eigenvalue weighted by Crippen LogP contribution is -2.10. The van der Waals surface area contributed by atoms with Crippen LogP contribution in [-0.2, 0) is 17.6 Å². The van der Waals surface area contributed by atoms with Crippen LogP contribution in [0.2, 0.25) is 0 Å². The summed E-state index contributed by atoms with van der Waals surface area (Å²) in [6.45, 7) is 1.45. The van der Waals surface area contributed by atoms with Crippen molar-refractivity contribution in [1.82, 2.24) is 9.97 Å². The van der Waals surface area contributed by atoms with Gasteiger partial charge in [0.2, 0.25) is 5.91 Å². The number of nitrogens with one attached hydrogen (secondary N) is 1. The van der Waals surface area contributed by atoms with Gasteiger partial charge in [-0.3, -0.25) is 14.8 Å². The van der Waals surface area contributed by atoms with Gasteiger partial charge in [0.15, 0.2) is 0 Å². The first-order valence-electron chi connectivity index (χ1n) is 6.55. The molecule has 2 aromatic heterocycles. The van der Waals surface area contributed by atoms with E-state index in [9.17, 15) is 9.18 Å². The van der Waals surface area contributed by atoms with Gasteiger partial charge in [-0.05, 0) is 30.9 Å². The Morgan fingerprint density at radius 1 is 1.30 bits per heavy atom. The summed E-state index contributed by atoms with van der Waals surface area (Å²) in [7, 11) is 0. The molecule has 0 bridgehead atoms. The summed E-state index contributed by atoms with van der Waals surface area (Å²) >= 11 is 0. The predicted molar refractivity (Wildman–Crippen MR) is 73.8 cm³/mol. The molecule has 0 fully saturated rings. The number of aromatic nitrogens is 2. The van der Waals surface area contributed by atoms with Crippen molar-refractivity contribution >= 4 is 11.6 Å². The SMILES string of the molecule is CC(=O)Nc1c(-c2ccncc2F)cnc2c1CCC2. The lowest BCUT2D eigenvalue weighted by atomic mass is 10.0. The zero-order valence-electron chi connectivity index (χ0n) is 11.1. The molecule has 1 N–H and O–H groups in total. The quantitative estimate of drug-likeness (QED) is 0.913. The average molecular weight is 271 g/mol. The number of carbonyl (C=O) groups excluding carboxylic acids is 1. The fraction of sp³-hybridized carbons (Fsp3) is 0.267. The normalized spacial score (nSPS) is 13.1. The number of amides is 1. The highest BCUT2D eigenvalue weighted by Crippen LogP contribution is 2.36. The van der Waals surface area contributed by atoms with E-state index in [-0.39, 0.29) is 5.91 Å². The van der Waals surface area contributed by atoms with Crippen molar-refractivity contribution in [1.29, 1.82) is 0 Å². The number of hydrogen-bond acceptors (Lipinski definition) is 3. The van der Waals surface area contributed by atoms with Crippen LogP contribution in [0.25, 0.3) is 11.1 Å². The first kappa shape index (κ1) is 12.7. The molecule has 0 spiro atoms. The maximum Gasteiger partial charge on any atom is 0.221 e. The van der Waals surface area contributed by atoms with E-state index in [0.717, 1.165) is 30.5 Å². The van der Waals surface area contributed by atoms with E-state index in [1.807, 2.05) is 0 Å². The Morgan fingerprint density at radius 2 is 2.15 bits per heavy atom. The standard InChI is InChI=1S/C15H14FN3O/c1-9(20)19-15-11-3-2-4-14(11)18-7-12(15)10-5-6-17-8-13(10)16/h5-8H,2-4H2,1H3,(H,18,19,20). The highest BCUT2D eigenvalue weighted by Gasteiger charge is 2.21. The molecular weight excluding hydrogens is 257 g/mol. The molecule has 1 amide bonds. The minimum absolute atomic E-state index is 0.166. The Bertz CT molecular complexity index is 685. The highest BCUT2D eigenvalue weighted by atomic mass is 19.1. The molecule has 0 saturated heterocycles. The maximum absolute atomic E-state index is 13.9. The van der Waals surface area contributed by atoms with Crippen molar-refractivity contribution in [2.75, 3.05) is 5.32 Å². The summed E-state index contributed by atoms with van der Waals surface area (Å²) in [6, 6.07) is 1.60. The number of nitrogens with zero attached hydrogens (tertiary/aromatic N) is 2. The van der Waals surface area contributed by atoms with Gasteiger partial charge in [-0.15, -0.1) is 0 Å². The van der Waals surface area contributed by atoms with E-state index in [1.165, 1.54) is 19.3 Å². The Labute approximate surface area is 116 Å². The summed E-state index contributed by atoms with van der Waals surface area (Å²) in [5.74, 6) is -0.583. The fourth-order valence-electron chi connectivity index (χ4n) is 2.63. The zero-order valence-corrected chi connectivity index (χ0v) is 11.1. The van der Waals surface area contributed by atoms with Crippen LogP contribution in [0.1, 0.15) is 24.6 Å². The Hall–Kier alpha value is -2.30. The molecule has 0 unspecified atom stereocenters. The second-order valence-electron chi connectivity index (χ2n) is 4.86. The molecule has 2 aromatic rings. The van der Waals surface area contributed by atoms with E-state index in [1.54, 1.807) is 12.3 Å². The Morgan fingerprint density at radius 3 is 2.90 bits per heavy atom. The van der Waals surface area contributed by atoms with E-state index in [4.69, 9.17) is 0 Å². The monoisotopic (exact) mass is 271 g/mol. The van der Waals surface area contributed by atoms with Gasteiger partial charge in [0.1, 0.15) is 5.82 Å². The number of carbonyl (C=O) groups is 1. The summed E-state index contributed by atoms with van der Waals surface area (Å²) in [6.07, 6.45) is 7.11. The lowest BCUT2D eigenvalue weighted by molar-refractivity contribution is -0.114. The third kappa shape index (κ3) is 2.15. The molecule has 0 aromatic carbocycles. The van der Waals surface area contributed by atoms with Gasteiger partial charge >= 0.3 is 0 Å². The maximum atomic E-state index is 13.9. The van der Waals surface area contributed by atoms with Crippen molar-refractivity contribution in [3.05, 3.63) is 41.7 Å². The zero-order chi connectivity index (χ0) is 14.1. The summed E-state index contributed by atoms with van der Waals surface area (Å²) < 4.78 is 13.9. The van der Waals surface area contributed by atoms with Crippen LogP contribution >= 0.6 is 0 Å². The van der Waals surface area contributed by atoms with Crippen molar-refractivity contribution in [3.63, 3.8) is 0 Å². The number of aryl methyl sites for hydroxylation is 1. The van der Waals surface area contributed by atoms with E-state index in [2.05, 4.69) is 15.3 Å². The first-order valence-corrected chi connectivity index (χ1v) is 6.55. The van der Waals surface area contributed by atoms with Gasteiger partial charge in [0, 0.05) is 36.1 Å². The van der Waals surface area contributed by atoms with Gasteiger partial charge in [-0.25, -0.2) is 4.39 Å². The van der Waals surface area contributed by atoms with E-state index < -0.39 is 5.82 Å². The molecule has 2 heterocycles. The van der Waals surface area contributed by atoms with Crippen molar-refractivity contribution in [3.8, 4) is 11.1 Å². The molecule has 3 rings (SSSR count). The highest BCUT2D eigenvalue weighted by molar-refractivity contribution is 5.95. The molecule has 1 aliphatic rings. The van der Waals surface area contributed by atoms with Crippen molar-refractivity contribution < 1.29 is 9.18 Å². The molecule has 0 aliphatic heterocycles. The van der Waals surface area contributed by atoms with Crippen LogP contribution in [0.3, 0.4) is 0 Å². The fourth-order valence-corrected chi connectivity index (χ4v) is 2.63. The van der Waals surface area contributed by atoms with Crippen LogP contribution in [0.15, 0.2) is 24.7 Å². The van der Waals surface area contributed by atoms with Crippen LogP contribution in [0.4, 0.5) is 10.1 Å². The molecule has 4 nitrogen and oxygen atoms in total. The van der Waals surface area contributed by atoms with Gasteiger partial charge in [0.25, 0.3) is 0 Å². The molecule has 0 saturated carbocycles. The van der Waals surface area contributed by atoms with Gasteiger partial charge in [-0.1, -0.05) is 0 Å². The number of rotatable bonds is 2. The largest absolute Gasteiger partial charge is 0.325 e.